The topological polar surface area (TPSA) is 70.5 Å². The first-order valence-electron chi connectivity index (χ1n) is 6.30. The molecule has 0 saturated carbocycles. The maximum absolute atomic E-state index is 12.3. The van der Waals surface area contributed by atoms with E-state index in [9.17, 15) is 9.59 Å². The monoisotopic (exact) mass is 342 g/mol. The quantitative estimate of drug-likeness (QED) is 0.655. The molecule has 0 unspecified atom stereocenters. The largest absolute Gasteiger partial charge is 0.481 e. The Labute approximate surface area is 136 Å². The average molecular weight is 342 g/mol. The molecule has 0 spiro atoms. The molecule has 1 aromatic heterocycles. The van der Waals surface area contributed by atoms with Crippen molar-refractivity contribution in [3.8, 4) is 0 Å². The molecule has 21 heavy (non-hydrogen) atoms. The summed E-state index contributed by atoms with van der Waals surface area (Å²) in [5.74, 6) is -1.02. The number of thioether (sulfide) groups is 1. The summed E-state index contributed by atoms with van der Waals surface area (Å²) in [7, 11) is 0. The van der Waals surface area contributed by atoms with Crippen molar-refractivity contribution in [2.24, 2.45) is 0 Å². The summed E-state index contributed by atoms with van der Waals surface area (Å²) in [5.41, 5.74) is 1.86. The fourth-order valence-corrected chi connectivity index (χ4v) is 3.88. The number of aryl methyl sites for hydroxylation is 2. The Morgan fingerprint density at radius 1 is 1.48 bits per heavy atom. The molecule has 0 bridgehead atoms. The van der Waals surface area contributed by atoms with Crippen LogP contribution >= 0.6 is 35.5 Å². The molecule has 2 rings (SSSR count). The Morgan fingerprint density at radius 3 is 2.76 bits per heavy atom. The summed E-state index contributed by atoms with van der Waals surface area (Å²) < 4.78 is 4.74. The molecule has 1 aliphatic rings. The number of aromatic nitrogens is 1. The van der Waals surface area contributed by atoms with Crippen molar-refractivity contribution >= 4 is 57.8 Å². The first kappa shape index (κ1) is 16.1. The van der Waals surface area contributed by atoms with Crippen LogP contribution in [0.5, 0.6) is 0 Å². The smallest absolute Gasteiger partial charge is 0.303 e. The van der Waals surface area contributed by atoms with Crippen molar-refractivity contribution in [1.82, 2.24) is 9.27 Å². The number of nitrogens with zero attached hydrogens (tertiary/aromatic N) is 2. The van der Waals surface area contributed by atoms with Crippen LogP contribution in [0.4, 0.5) is 0 Å². The molecule has 1 fully saturated rings. The number of aliphatic carboxylic acids is 1. The van der Waals surface area contributed by atoms with Crippen LogP contribution in [0.2, 0.25) is 0 Å². The van der Waals surface area contributed by atoms with Gasteiger partial charge < -0.3 is 5.11 Å². The standard InChI is InChI=1S/C13H14N2O3S3/c1-7-9(8(2)21-14-7)6-10-12(18)15(13(19)20-10)5-3-4-11(16)17/h6H,3-5H2,1-2H3,(H,16,17)/b10-6+. The Balaban J connectivity index is 2.12. The van der Waals surface area contributed by atoms with Crippen LogP contribution in [0.3, 0.4) is 0 Å². The van der Waals surface area contributed by atoms with E-state index in [-0.39, 0.29) is 12.3 Å². The van der Waals surface area contributed by atoms with Gasteiger partial charge in [-0.15, -0.1) is 0 Å². The third-order valence-electron chi connectivity index (χ3n) is 3.01. The van der Waals surface area contributed by atoms with Crippen molar-refractivity contribution in [3.05, 3.63) is 21.0 Å². The molecule has 1 aliphatic heterocycles. The van der Waals surface area contributed by atoms with Gasteiger partial charge in [0.05, 0.1) is 10.6 Å². The molecule has 1 saturated heterocycles. The summed E-state index contributed by atoms with van der Waals surface area (Å²) in [5, 5.41) is 8.64. The van der Waals surface area contributed by atoms with Crippen LogP contribution < -0.4 is 0 Å². The highest BCUT2D eigenvalue weighted by atomic mass is 32.2. The third-order valence-corrected chi connectivity index (χ3v) is 5.25. The molecule has 1 N–H and O–H groups in total. The van der Waals surface area contributed by atoms with E-state index in [4.69, 9.17) is 17.3 Å². The van der Waals surface area contributed by atoms with E-state index in [2.05, 4.69) is 4.37 Å². The summed E-state index contributed by atoms with van der Waals surface area (Å²) >= 11 is 7.86. The maximum Gasteiger partial charge on any atom is 0.303 e. The number of amides is 1. The van der Waals surface area contributed by atoms with Gasteiger partial charge in [0.2, 0.25) is 0 Å². The van der Waals surface area contributed by atoms with Crippen molar-refractivity contribution in [3.63, 3.8) is 0 Å². The molecular formula is C13H14N2O3S3. The minimum absolute atomic E-state index is 0.0305. The number of hydrogen-bond acceptors (Lipinski definition) is 6. The van der Waals surface area contributed by atoms with Crippen LogP contribution in [0.25, 0.3) is 6.08 Å². The minimum Gasteiger partial charge on any atom is -0.481 e. The Morgan fingerprint density at radius 2 is 2.19 bits per heavy atom. The zero-order valence-corrected chi connectivity index (χ0v) is 14.0. The van der Waals surface area contributed by atoms with Gasteiger partial charge in [-0.05, 0) is 37.9 Å². The van der Waals surface area contributed by atoms with Gasteiger partial charge in [-0.2, -0.15) is 4.37 Å². The maximum atomic E-state index is 12.3. The number of hydrogen-bond donors (Lipinski definition) is 1. The first-order chi connectivity index (χ1) is 9.90. The van der Waals surface area contributed by atoms with E-state index >= 15 is 0 Å². The van der Waals surface area contributed by atoms with E-state index < -0.39 is 5.97 Å². The average Bonchev–Trinajstić information content (AvgIpc) is 2.86. The Bertz CT molecular complexity index is 617. The van der Waals surface area contributed by atoms with Crippen LogP contribution in [0, 0.1) is 13.8 Å². The predicted octanol–water partition coefficient (Wildman–Crippen LogP) is 2.83. The van der Waals surface area contributed by atoms with E-state index in [0.29, 0.717) is 22.2 Å². The summed E-state index contributed by atoms with van der Waals surface area (Å²) in [6.07, 6.45) is 2.25. The Hall–Kier alpha value is -1.25. The van der Waals surface area contributed by atoms with Gasteiger partial charge >= 0.3 is 5.97 Å². The van der Waals surface area contributed by atoms with Gasteiger partial charge in [-0.3, -0.25) is 14.5 Å². The molecule has 0 atom stereocenters. The lowest BCUT2D eigenvalue weighted by atomic mass is 10.2. The summed E-state index contributed by atoms with van der Waals surface area (Å²) in [6, 6.07) is 0. The van der Waals surface area contributed by atoms with E-state index in [1.807, 2.05) is 19.9 Å². The van der Waals surface area contributed by atoms with Crippen molar-refractivity contribution in [2.45, 2.75) is 26.7 Å². The second-order valence-corrected chi connectivity index (χ2v) is 7.22. The highest BCUT2D eigenvalue weighted by molar-refractivity contribution is 8.26. The van der Waals surface area contributed by atoms with Gasteiger partial charge in [-0.25, -0.2) is 0 Å². The van der Waals surface area contributed by atoms with Crippen LogP contribution in [0.15, 0.2) is 4.91 Å². The molecule has 2 heterocycles. The van der Waals surface area contributed by atoms with Gasteiger partial charge in [0, 0.05) is 23.4 Å². The van der Waals surface area contributed by atoms with Crippen LogP contribution in [-0.2, 0) is 9.59 Å². The predicted molar refractivity (Wildman–Crippen MR) is 88.3 cm³/mol. The highest BCUT2D eigenvalue weighted by Gasteiger charge is 2.32. The van der Waals surface area contributed by atoms with Crippen molar-refractivity contribution in [2.75, 3.05) is 6.54 Å². The number of carbonyl (C=O) groups excluding carboxylic acids is 1. The zero-order chi connectivity index (χ0) is 15.6. The second kappa shape index (κ2) is 6.67. The van der Waals surface area contributed by atoms with E-state index in [1.54, 1.807) is 0 Å². The molecule has 8 heteroatoms. The third kappa shape index (κ3) is 3.69. The van der Waals surface area contributed by atoms with E-state index in [1.165, 1.54) is 28.2 Å². The van der Waals surface area contributed by atoms with Crippen molar-refractivity contribution in [1.29, 1.82) is 0 Å². The molecule has 1 aromatic rings. The normalized spacial score (nSPS) is 17.0. The lowest BCUT2D eigenvalue weighted by Crippen LogP contribution is -2.29. The molecule has 0 aliphatic carbocycles. The molecule has 5 nitrogen and oxygen atoms in total. The molecule has 0 radical (unpaired) electrons. The van der Waals surface area contributed by atoms with E-state index in [0.717, 1.165) is 16.1 Å². The Kier molecular flexibility index (Phi) is 5.13. The number of thiocarbonyl (C=S) groups is 1. The fourth-order valence-electron chi connectivity index (χ4n) is 1.91. The SMILES string of the molecule is Cc1nsc(C)c1/C=C1/SC(=S)N(CCCC(=O)O)C1=O. The molecule has 112 valence electrons. The summed E-state index contributed by atoms with van der Waals surface area (Å²) in [4.78, 5) is 26.0. The van der Waals surface area contributed by atoms with Gasteiger partial charge in [0.15, 0.2) is 0 Å². The first-order valence-corrected chi connectivity index (χ1v) is 8.30. The molecule has 0 aromatic carbocycles. The van der Waals surface area contributed by atoms with Crippen LogP contribution in [0.1, 0.15) is 29.0 Å². The lowest BCUT2D eigenvalue weighted by molar-refractivity contribution is -0.137. The zero-order valence-electron chi connectivity index (χ0n) is 11.6. The van der Waals surface area contributed by atoms with Crippen molar-refractivity contribution < 1.29 is 14.7 Å². The van der Waals surface area contributed by atoms with Gasteiger partial charge in [0.25, 0.3) is 5.91 Å². The number of carboxylic acid groups (broad SMARTS) is 1. The van der Waals surface area contributed by atoms with Crippen LogP contribution in [-0.4, -0.2) is 37.1 Å². The number of carboxylic acids is 1. The number of rotatable bonds is 5. The second-order valence-electron chi connectivity index (χ2n) is 4.57. The molecular weight excluding hydrogens is 328 g/mol. The summed E-state index contributed by atoms with van der Waals surface area (Å²) in [6.45, 7) is 4.21. The highest BCUT2D eigenvalue weighted by Crippen LogP contribution is 2.34. The van der Waals surface area contributed by atoms with Gasteiger partial charge in [-0.1, -0.05) is 24.0 Å². The lowest BCUT2D eigenvalue weighted by Gasteiger charge is -2.13. The van der Waals surface area contributed by atoms with Gasteiger partial charge in [0.1, 0.15) is 4.32 Å². The minimum atomic E-state index is -0.869. The number of carbonyl (C=O) groups is 2. The molecule has 1 amide bonds. The fraction of sp³-hybridized carbons (Fsp3) is 0.385.